The number of hydrogen-bond acceptors (Lipinski definition) is 7. The van der Waals surface area contributed by atoms with E-state index < -0.39 is 5.54 Å². The molecule has 5 nitrogen and oxygen atoms in total. The molecule has 1 heterocycles. The highest BCUT2D eigenvalue weighted by molar-refractivity contribution is 8.01. The highest BCUT2D eigenvalue weighted by atomic mass is 32.2. The number of hydrogen-bond donors (Lipinski definition) is 1. The number of methoxy groups -OCH3 is 1. The molecule has 1 aromatic rings. The van der Waals surface area contributed by atoms with E-state index in [1.165, 1.54) is 30.4 Å². The number of nitrogens with one attached hydrogen (secondary N) is 1. The number of ether oxygens (including phenoxy) is 1. The molecule has 0 aliphatic carbocycles. The van der Waals surface area contributed by atoms with Crippen molar-refractivity contribution in [3.8, 4) is 0 Å². The Balaban J connectivity index is 2.64. The first-order valence-electron chi connectivity index (χ1n) is 6.34. The lowest BCUT2D eigenvalue weighted by atomic mass is 10.1. The molecule has 0 spiro atoms. The molecule has 0 aromatic carbocycles. The number of aryl methyl sites for hydroxylation is 1. The summed E-state index contributed by atoms with van der Waals surface area (Å²) in [4.78, 5) is 16.3. The average Bonchev–Trinajstić information content (AvgIpc) is 2.90. The number of carbonyl (C=O) groups is 1. The van der Waals surface area contributed by atoms with Gasteiger partial charge in [0.2, 0.25) is 0 Å². The van der Waals surface area contributed by atoms with Gasteiger partial charge < -0.3 is 10.1 Å². The summed E-state index contributed by atoms with van der Waals surface area (Å²) in [6.07, 6.45) is 1.80. The van der Waals surface area contributed by atoms with Gasteiger partial charge in [-0.3, -0.25) is 4.79 Å². The Morgan fingerprint density at radius 2 is 2.26 bits per heavy atom. The van der Waals surface area contributed by atoms with E-state index in [0.717, 1.165) is 29.6 Å². The summed E-state index contributed by atoms with van der Waals surface area (Å²) in [5.74, 6) is 1.19. The van der Waals surface area contributed by atoms with Crippen LogP contribution in [0.3, 0.4) is 0 Å². The number of esters is 1. The van der Waals surface area contributed by atoms with E-state index >= 15 is 0 Å². The molecule has 0 radical (unpaired) electrons. The zero-order chi connectivity index (χ0) is 14.3. The summed E-state index contributed by atoms with van der Waals surface area (Å²) in [6.45, 7) is 6.74. The third-order valence-corrected chi connectivity index (χ3v) is 4.84. The smallest absolute Gasteiger partial charge is 0.326 e. The van der Waals surface area contributed by atoms with Crippen LogP contribution >= 0.6 is 23.3 Å². The summed E-state index contributed by atoms with van der Waals surface area (Å²) in [7, 11) is 1.42. The Morgan fingerprint density at radius 3 is 2.79 bits per heavy atom. The standard InChI is InChI=1S/C12H21N3O2S2/c1-5-7-13-12(3,10(16)17-4)8-18-11-14-9(6-2)15-19-11/h13H,5-8H2,1-4H3. The van der Waals surface area contributed by atoms with Crippen LogP contribution in [0.4, 0.5) is 0 Å². The Hall–Kier alpha value is -0.660. The van der Waals surface area contributed by atoms with Crippen molar-refractivity contribution in [3.05, 3.63) is 5.82 Å². The zero-order valence-electron chi connectivity index (χ0n) is 11.9. The molecule has 0 aliphatic rings. The van der Waals surface area contributed by atoms with Gasteiger partial charge in [0.15, 0.2) is 4.34 Å². The molecular formula is C12H21N3O2S2. The van der Waals surface area contributed by atoms with Crippen LogP contribution in [0.5, 0.6) is 0 Å². The fourth-order valence-corrected chi connectivity index (χ4v) is 3.26. The molecule has 0 amide bonds. The number of aromatic nitrogens is 2. The Bertz CT molecular complexity index is 411. The van der Waals surface area contributed by atoms with Crippen LogP contribution in [0.2, 0.25) is 0 Å². The van der Waals surface area contributed by atoms with Crippen LogP contribution in [0.25, 0.3) is 0 Å². The maximum atomic E-state index is 11.9. The average molecular weight is 303 g/mol. The van der Waals surface area contributed by atoms with Crippen LogP contribution < -0.4 is 5.32 Å². The molecule has 1 rings (SSSR count). The molecule has 19 heavy (non-hydrogen) atoms. The van der Waals surface area contributed by atoms with Gasteiger partial charge in [-0.1, -0.05) is 25.6 Å². The topological polar surface area (TPSA) is 64.1 Å². The van der Waals surface area contributed by atoms with E-state index in [9.17, 15) is 4.79 Å². The third kappa shape index (κ3) is 4.74. The first-order chi connectivity index (χ1) is 9.05. The van der Waals surface area contributed by atoms with Crippen LogP contribution in [-0.4, -0.2) is 40.3 Å². The molecule has 1 atom stereocenters. The number of carbonyl (C=O) groups excluding carboxylic acids is 1. The van der Waals surface area contributed by atoms with Crippen LogP contribution in [0.15, 0.2) is 4.34 Å². The van der Waals surface area contributed by atoms with Crippen molar-refractivity contribution < 1.29 is 9.53 Å². The van der Waals surface area contributed by atoms with Crippen molar-refractivity contribution in [2.45, 2.75) is 43.5 Å². The Morgan fingerprint density at radius 1 is 1.53 bits per heavy atom. The van der Waals surface area contributed by atoms with Crippen molar-refractivity contribution in [3.63, 3.8) is 0 Å². The van der Waals surface area contributed by atoms with E-state index in [-0.39, 0.29) is 5.97 Å². The SMILES string of the molecule is CCCNC(C)(CSc1nc(CC)ns1)C(=O)OC. The fraction of sp³-hybridized carbons (Fsp3) is 0.750. The predicted molar refractivity (Wildman–Crippen MR) is 78.7 cm³/mol. The maximum Gasteiger partial charge on any atom is 0.326 e. The first-order valence-corrected chi connectivity index (χ1v) is 8.10. The maximum absolute atomic E-state index is 11.9. The lowest BCUT2D eigenvalue weighted by molar-refractivity contribution is -0.146. The number of nitrogens with zero attached hydrogens (tertiary/aromatic N) is 2. The molecule has 0 fully saturated rings. The summed E-state index contributed by atoms with van der Waals surface area (Å²) in [5, 5.41) is 3.25. The first kappa shape index (κ1) is 16.4. The summed E-state index contributed by atoms with van der Waals surface area (Å²) < 4.78 is 10.0. The largest absolute Gasteiger partial charge is 0.468 e. The van der Waals surface area contributed by atoms with Gasteiger partial charge in [0.1, 0.15) is 11.4 Å². The van der Waals surface area contributed by atoms with Crippen LogP contribution in [-0.2, 0) is 16.0 Å². The second-order valence-corrected chi connectivity index (χ2v) is 6.34. The van der Waals surface area contributed by atoms with E-state index in [1.54, 1.807) is 0 Å². The van der Waals surface area contributed by atoms with Gasteiger partial charge in [-0.05, 0) is 31.4 Å². The molecular weight excluding hydrogens is 282 g/mol. The fourth-order valence-electron chi connectivity index (χ4n) is 1.45. The van der Waals surface area contributed by atoms with Crippen molar-refractivity contribution >= 4 is 29.3 Å². The molecule has 7 heteroatoms. The molecule has 1 aromatic heterocycles. The molecule has 0 aliphatic heterocycles. The highest BCUT2D eigenvalue weighted by Gasteiger charge is 2.34. The minimum Gasteiger partial charge on any atom is -0.468 e. The summed E-state index contributed by atoms with van der Waals surface area (Å²) in [5.41, 5.74) is -0.687. The second-order valence-electron chi connectivity index (χ2n) is 4.37. The van der Waals surface area contributed by atoms with Gasteiger partial charge in [-0.25, -0.2) is 4.98 Å². The van der Waals surface area contributed by atoms with E-state index in [1.807, 2.05) is 13.8 Å². The quantitative estimate of drug-likeness (QED) is 0.586. The lowest BCUT2D eigenvalue weighted by Gasteiger charge is -2.27. The normalized spacial score (nSPS) is 14.1. The Labute approximate surface area is 122 Å². The molecule has 0 saturated heterocycles. The van der Waals surface area contributed by atoms with Crippen molar-refractivity contribution in [1.29, 1.82) is 0 Å². The molecule has 108 valence electrons. The van der Waals surface area contributed by atoms with Crippen LogP contribution in [0, 0.1) is 0 Å². The van der Waals surface area contributed by atoms with Crippen molar-refractivity contribution in [2.75, 3.05) is 19.4 Å². The second kappa shape index (κ2) is 7.81. The highest BCUT2D eigenvalue weighted by Crippen LogP contribution is 2.25. The van der Waals surface area contributed by atoms with Gasteiger partial charge in [0, 0.05) is 12.2 Å². The van der Waals surface area contributed by atoms with Crippen LogP contribution in [0.1, 0.15) is 33.0 Å². The van der Waals surface area contributed by atoms with Gasteiger partial charge in [0.05, 0.1) is 7.11 Å². The summed E-state index contributed by atoms with van der Waals surface area (Å²) in [6, 6.07) is 0. The summed E-state index contributed by atoms with van der Waals surface area (Å²) >= 11 is 2.92. The van der Waals surface area contributed by atoms with Gasteiger partial charge in [-0.15, -0.1) is 0 Å². The minimum atomic E-state index is -0.687. The molecule has 0 bridgehead atoms. The molecule has 1 N–H and O–H groups in total. The predicted octanol–water partition coefficient (Wildman–Crippen LogP) is 2.12. The molecule has 0 saturated carbocycles. The van der Waals surface area contributed by atoms with Crippen molar-refractivity contribution in [2.24, 2.45) is 0 Å². The van der Waals surface area contributed by atoms with Gasteiger partial charge >= 0.3 is 5.97 Å². The Kier molecular flexibility index (Phi) is 6.74. The number of rotatable bonds is 8. The molecule has 1 unspecified atom stereocenters. The van der Waals surface area contributed by atoms with E-state index in [2.05, 4.69) is 21.6 Å². The van der Waals surface area contributed by atoms with Gasteiger partial charge in [-0.2, -0.15) is 4.37 Å². The van der Waals surface area contributed by atoms with Crippen molar-refractivity contribution in [1.82, 2.24) is 14.7 Å². The minimum absolute atomic E-state index is 0.242. The van der Waals surface area contributed by atoms with Gasteiger partial charge in [0.25, 0.3) is 0 Å². The monoisotopic (exact) mass is 303 g/mol. The zero-order valence-corrected chi connectivity index (χ0v) is 13.5. The lowest BCUT2D eigenvalue weighted by Crippen LogP contribution is -2.52. The third-order valence-electron chi connectivity index (χ3n) is 2.65. The number of thioether (sulfide) groups is 1. The van der Waals surface area contributed by atoms with E-state index in [0.29, 0.717) is 5.75 Å². The van der Waals surface area contributed by atoms with E-state index in [4.69, 9.17) is 4.74 Å².